The van der Waals surface area contributed by atoms with Gasteiger partial charge in [-0.3, -0.25) is 0 Å². The summed E-state index contributed by atoms with van der Waals surface area (Å²) in [7, 11) is -5.27. The van der Waals surface area contributed by atoms with Gasteiger partial charge in [-0.25, -0.2) is 5.26 Å². The molecule has 1 aromatic carbocycles. The van der Waals surface area contributed by atoms with Crippen LogP contribution in [0.1, 0.15) is 0 Å². The fraction of sp³-hybridized carbons (Fsp3) is 0.143. The summed E-state index contributed by atoms with van der Waals surface area (Å²) in [5.41, 5.74) is 0. The van der Waals surface area contributed by atoms with Crippen LogP contribution < -0.4 is 4.18 Å². The van der Waals surface area contributed by atoms with Gasteiger partial charge in [-0.15, -0.1) is 4.33 Å². The molecule has 0 saturated carbocycles. The van der Waals surface area contributed by atoms with E-state index in [9.17, 15) is 17.2 Å². The largest absolute Gasteiger partial charge is 0.456 e. The highest BCUT2D eigenvalue weighted by atomic mass is 32.3. The van der Waals surface area contributed by atoms with Gasteiger partial charge in [-0.1, -0.05) is 23.2 Å². The van der Waals surface area contributed by atoms with E-state index in [2.05, 4.69) is 13.6 Å². The molecule has 1 rings (SSSR count). The minimum absolute atomic E-state index is 0.280. The van der Waals surface area contributed by atoms with Gasteiger partial charge in [0.1, 0.15) is 17.8 Å². The van der Waals surface area contributed by atoms with Crippen LogP contribution >= 0.6 is 12.0 Å². The highest BCUT2D eigenvalue weighted by Crippen LogP contribution is 2.36. The number of hydrogen-bond donors (Lipinski definition) is 1. The van der Waals surface area contributed by atoms with Crippen molar-refractivity contribution in [2.45, 2.75) is 4.59 Å². The zero-order valence-electron chi connectivity index (χ0n) is 7.95. The molecule has 0 fully saturated rings. The molecule has 1 N–H and O–H groups in total. The van der Waals surface area contributed by atoms with Crippen LogP contribution in [0.25, 0.3) is 0 Å². The Balaban J connectivity index is 2.81. The van der Waals surface area contributed by atoms with Gasteiger partial charge in [0.2, 0.25) is 0 Å². The summed E-state index contributed by atoms with van der Waals surface area (Å²) >= 11 is -0.914. The third kappa shape index (κ3) is 3.78. The Morgan fingerprint density at radius 3 is 2.35 bits per heavy atom. The lowest BCUT2D eigenvalue weighted by Gasteiger charge is -2.13. The summed E-state index contributed by atoms with van der Waals surface area (Å²) in [6.45, 7) is 0. The number of hydrogen-bond acceptors (Lipinski definition) is 7. The van der Waals surface area contributed by atoms with Crippen LogP contribution in [0.15, 0.2) is 30.3 Å². The van der Waals surface area contributed by atoms with Crippen LogP contribution in [0.3, 0.4) is 0 Å². The number of alkyl halides is 2. The predicted octanol–water partition coefficient (Wildman–Crippen LogP) is 2.01. The first-order chi connectivity index (χ1) is 7.89. The average molecular weight is 288 g/mol. The fourth-order valence-electron chi connectivity index (χ4n) is 0.748. The van der Waals surface area contributed by atoms with Gasteiger partial charge >= 0.3 is 14.7 Å². The Morgan fingerprint density at radius 1 is 1.24 bits per heavy atom. The number of rotatable bonds is 6. The lowest BCUT2D eigenvalue weighted by atomic mass is 10.3. The van der Waals surface area contributed by atoms with Crippen molar-refractivity contribution in [1.29, 1.82) is 0 Å². The zero-order chi connectivity index (χ0) is 12.9. The molecule has 96 valence electrons. The average Bonchev–Trinajstić information content (AvgIpc) is 2.27. The number of benzene rings is 1. The van der Waals surface area contributed by atoms with Gasteiger partial charge < -0.3 is 4.18 Å². The van der Waals surface area contributed by atoms with Gasteiger partial charge in [0.25, 0.3) is 0 Å². The third-order valence-corrected chi connectivity index (χ3v) is 3.54. The molecule has 10 heteroatoms. The molecule has 0 atom stereocenters. The Kier molecular flexibility index (Phi) is 4.65. The van der Waals surface area contributed by atoms with Gasteiger partial charge in [0.15, 0.2) is 0 Å². The second-order valence-corrected chi connectivity index (χ2v) is 5.20. The van der Waals surface area contributed by atoms with E-state index in [1.165, 1.54) is 24.3 Å². The van der Waals surface area contributed by atoms with E-state index in [1.807, 2.05) is 0 Å². The Morgan fingerprint density at radius 2 is 1.82 bits per heavy atom. The van der Waals surface area contributed by atoms with Crippen molar-refractivity contribution in [3.63, 3.8) is 0 Å². The van der Waals surface area contributed by atoms with Crippen LogP contribution in [-0.4, -0.2) is 18.3 Å². The van der Waals surface area contributed by atoms with Gasteiger partial charge in [0.05, 0.1) is 0 Å². The molecular weight excluding hydrogens is 282 g/mol. The molecule has 0 bridgehead atoms. The van der Waals surface area contributed by atoms with Gasteiger partial charge in [-0.05, 0) is 12.1 Å². The first kappa shape index (κ1) is 14.1. The van der Waals surface area contributed by atoms with E-state index in [-0.39, 0.29) is 5.75 Å². The maximum Gasteiger partial charge on any atom is 0.456 e. The topological polar surface area (TPSA) is 82.1 Å². The first-order valence-electron chi connectivity index (χ1n) is 3.92. The Bertz CT molecular complexity index is 449. The minimum Gasteiger partial charge on any atom is -0.377 e. The van der Waals surface area contributed by atoms with Crippen molar-refractivity contribution in [2.75, 3.05) is 0 Å². The summed E-state index contributed by atoms with van der Waals surface area (Å²) in [5, 5.41) is 10.6. The minimum atomic E-state index is -5.27. The molecule has 0 aliphatic carbocycles. The quantitative estimate of drug-likeness (QED) is 0.371. The van der Waals surface area contributed by atoms with Crippen molar-refractivity contribution < 1.29 is 36.0 Å². The third-order valence-electron chi connectivity index (χ3n) is 1.40. The normalized spacial score (nSPS) is 12.4. The SMILES string of the molecule is O=S(=O)(Oc1ccccc1)C(F)(F)SOOO. The van der Waals surface area contributed by atoms with E-state index >= 15 is 0 Å². The summed E-state index contributed by atoms with van der Waals surface area (Å²) in [6, 6.07) is 6.73. The van der Waals surface area contributed by atoms with Crippen LogP contribution in [0.4, 0.5) is 8.78 Å². The van der Waals surface area contributed by atoms with Crippen LogP contribution in [0, 0.1) is 0 Å². The smallest absolute Gasteiger partial charge is 0.377 e. The molecule has 6 nitrogen and oxygen atoms in total. The second kappa shape index (κ2) is 5.60. The summed E-state index contributed by atoms with van der Waals surface area (Å²) in [5.74, 6) is -0.280. The standard InChI is InChI=1S/C7H6F2O6S2/c8-7(9,16-15-14-10)17(11,12)13-6-4-2-1-3-5-6/h1-5,10H. The highest BCUT2D eigenvalue weighted by Gasteiger charge is 2.50. The monoisotopic (exact) mass is 288 g/mol. The van der Waals surface area contributed by atoms with Crippen molar-refractivity contribution in [2.24, 2.45) is 0 Å². The van der Waals surface area contributed by atoms with E-state index in [0.29, 0.717) is 0 Å². The van der Waals surface area contributed by atoms with E-state index < -0.39 is 26.7 Å². The van der Waals surface area contributed by atoms with Gasteiger partial charge in [-0.2, -0.15) is 17.2 Å². The highest BCUT2D eigenvalue weighted by molar-refractivity contribution is 8.09. The Hall–Kier alpha value is -0.940. The lowest BCUT2D eigenvalue weighted by Crippen LogP contribution is -2.29. The Labute approximate surface area is 99.3 Å². The molecule has 0 saturated heterocycles. The zero-order valence-corrected chi connectivity index (χ0v) is 9.58. The van der Waals surface area contributed by atoms with Crippen molar-refractivity contribution in [3.8, 4) is 5.75 Å². The molecule has 0 aliphatic heterocycles. The molecule has 17 heavy (non-hydrogen) atoms. The molecule has 0 aromatic heterocycles. The number of halogens is 2. The molecular formula is C7H6F2O6S2. The summed E-state index contributed by atoms with van der Waals surface area (Å²) < 4.78 is 51.3. The molecule has 0 spiro atoms. The van der Waals surface area contributed by atoms with Crippen molar-refractivity contribution in [1.82, 2.24) is 0 Å². The molecule has 0 unspecified atom stereocenters. The van der Waals surface area contributed by atoms with Crippen LogP contribution in [0.5, 0.6) is 5.75 Å². The van der Waals surface area contributed by atoms with Crippen molar-refractivity contribution >= 4 is 22.2 Å². The second-order valence-electron chi connectivity index (χ2n) is 2.54. The molecule has 0 aliphatic rings. The van der Waals surface area contributed by atoms with E-state index in [0.717, 1.165) is 0 Å². The maximum atomic E-state index is 13.0. The van der Waals surface area contributed by atoms with Crippen LogP contribution in [-0.2, 0) is 19.5 Å². The predicted molar refractivity (Wildman–Crippen MR) is 53.3 cm³/mol. The molecule has 1 aromatic rings. The summed E-state index contributed by atoms with van der Waals surface area (Å²) in [4.78, 5) is 0. The van der Waals surface area contributed by atoms with E-state index in [4.69, 9.17) is 5.26 Å². The van der Waals surface area contributed by atoms with Crippen LogP contribution in [0.2, 0.25) is 0 Å². The number of para-hydroxylation sites is 1. The summed E-state index contributed by atoms with van der Waals surface area (Å²) in [6.07, 6.45) is 0. The first-order valence-corrected chi connectivity index (χ1v) is 6.07. The fourth-order valence-corrected chi connectivity index (χ4v) is 1.84. The lowest BCUT2D eigenvalue weighted by molar-refractivity contribution is -0.433. The molecule has 0 heterocycles. The van der Waals surface area contributed by atoms with E-state index in [1.54, 1.807) is 6.07 Å². The van der Waals surface area contributed by atoms with Crippen molar-refractivity contribution in [3.05, 3.63) is 30.3 Å². The molecule has 0 amide bonds. The van der Waals surface area contributed by atoms with Gasteiger partial charge in [0, 0.05) is 0 Å². The maximum absolute atomic E-state index is 13.0. The molecule has 0 radical (unpaired) electrons.